The predicted octanol–water partition coefficient (Wildman–Crippen LogP) is 1.22. The molecule has 0 aromatic carbocycles. The van der Waals surface area contributed by atoms with Crippen LogP contribution in [0.3, 0.4) is 0 Å². The Balaban J connectivity index is 4.53. The van der Waals surface area contributed by atoms with E-state index < -0.39 is 17.6 Å². The molecule has 0 saturated heterocycles. The Bertz CT molecular complexity index is 298. The molecule has 112 valence electrons. The van der Waals surface area contributed by atoms with E-state index in [0.29, 0.717) is 13.1 Å². The van der Waals surface area contributed by atoms with Gasteiger partial charge in [0.05, 0.1) is 6.67 Å². The molecule has 0 aromatic heterocycles. The smallest absolute Gasteiger partial charge is 0.329 e. The van der Waals surface area contributed by atoms with Crippen LogP contribution in [0.1, 0.15) is 41.0 Å². The molecule has 3 N–H and O–H groups in total. The standard InChI is InChI=1S/C13H27N3O3/c1-9(2)7-10(11(17)19-13(3,4)5)16-12(18)15-8-14-6/h9-10,14H,7-8H2,1-6H3,(H2,15,16,18)/t10-/m0/s1. The third-order valence-electron chi connectivity index (χ3n) is 2.13. The minimum atomic E-state index is -0.629. The van der Waals surface area contributed by atoms with Gasteiger partial charge in [0, 0.05) is 0 Å². The Kier molecular flexibility index (Phi) is 7.44. The van der Waals surface area contributed by atoms with E-state index in [1.807, 2.05) is 13.8 Å². The summed E-state index contributed by atoms with van der Waals surface area (Å²) in [6.07, 6.45) is 0.544. The summed E-state index contributed by atoms with van der Waals surface area (Å²) in [6.45, 7) is 9.73. The number of urea groups is 1. The zero-order valence-electron chi connectivity index (χ0n) is 12.8. The van der Waals surface area contributed by atoms with Crippen molar-refractivity contribution in [2.75, 3.05) is 13.7 Å². The van der Waals surface area contributed by atoms with Crippen molar-refractivity contribution in [3.05, 3.63) is 0 Å². The summed E-state index contributed by atoms with van der Waals surface area (Å²) in [4.78, 5) is 23.6. The molecule has 0 aliphatic heterocycles. The van der Waals surface area contributed by atoms with E-state index >= 15 is 0 Å². The Morgan fingerprint density at radius 3 is 2.21 bits per heavy atom. The summed E-state index contributed by atoms with van der Waals surface area (Å²) in [5, 5.41) is 8.02. The minimum Gasteiger partial charge on any atom is -0.458 e. The first-order valence-corrected chi connectivity index (χ1v) is 6.57. The summed E-state index contributed by atoms with van der Waals surface area (Å²) in [7, 11) is 1.72. The van der Waals surface area contributed by atoms with Crippen molar-refractivity contribution in [2.45, 2.75) is 52.7 Å². The fraction of sp³-hybridized carbons (Fsp3) is 0.846. The van der Waals surface area contributed by atoms with Crippen LogP contribution in [0, 0.1) is 5.92 Å². The van der Waals surface area contributed by atoms with Crippen LogP contribution in [0.5, 0.6) is 0 Å². The highest BCUT2D eigenvalue weighted by molar-refractivity contribution is 5.83. The molecular formula is C13H27N3O3. The molecule has 0 spiro atoms. The maximum atomic E-state index is 12.0. The van der Waals surface area contributed by atoms with Crippen LogP contribution >= 0.6 is 0 Å². The van der Waals surface area contributed by atoms with Gasteiger partial charge in [-0.3, -0.25) is 0 Å². The summed E-state index contributed by atoms with van der Waals surface area (Å²) in [6, 6.07) is -1.01. The first kappa shape index (κ1) is 17.7. The largest absolute Gasteiger partial charge is 0.458 e. The number of hydrogen-bond donors (Lipinski definition) is 3. The van der Waals surface area contributed by atoms with Gasteiger partial charge in [0.2, 0.25) is 0 Å². The molecule has 6 heteroatoms. The van der Waals surface area contributed by atoms with E-state index in [1.54, 1.807) is 27.8 Å². The molecule has 0 aliphatic rings. The van der Waals surface area contributed by atoms with Crippen LogP contribution in [-0.2, 0) is 9.53 Å². The molecule has 1 atom stereocenters. The summed E-state index contributed by atoms with van der Waals surface area (Å²) in [5.41, 5.74) is -0.560. The molecule has 6 nitrogen and oxygen atoms in total. The van der Waals surface area contributed by atoms with Gasteiger partial charge in [-0.15, -0.1) is 0 Å². The lowest BCUT2D eigenvalue weighted by Crippen LogP contribution is -2.49. The molecule has 0 unspecified atom stereocenters. The van der Waals surface area contributed by atoms with Crippen LogP contribution in [0.25, 0.3) is 0 Å². The maximum absolute atomic E-state index is 12.0. The quantitative estimate of drug-likeness (QED) is 0.502. The van der Waals surface area contributed by atoms with Crippen LogP contribution in [0.4, 0.5) is 4.79 Å². The molecule has 0 rings (SSSR count). The molecule has 0 heterocycles. The highest BCUT2D eigenvalue weighted by Crippen LogP contribution is 2.12. The summed E-state index contributed by atoms with van der Waals surface area (Å²) in [5.74, 6) is -0.122. The SMILES string of the molecule is CNCNC(=O)N[C@@H](CC(C)C)C(=O)OC(C)(C)C. The summed E-state index contributed by atoms with van der Waals surface area (Å²) < 4.78 is 5.31. The van der Waals surface area contributed by atoms with Gasteiger partial charge in [-0.25, -0.2) is 9.59 Å². The second-order valence-electron chi connectivity index (χ2n) is 5.90. The number of esters is 1. The Morgan fingerprint density at radius 2 is 1.79 bits per heavy atom. The fourth-order valence-corrected chi connectivity index (χ4v) is 1.44. The van der Waals surface area contributed by atoms with Crippen molar-refractivity contribution in [3.63, 3.8) is 0 Å². The number of carbonyl (C=O) groups excluding carboxylic acids is 2. The molecule has 0 bridgehead atoms. The lowest BCUT2D eigenvalue weighted by Gasteiger charge is -2.25. The van der Waals surface area contributed by atoms with Gasteiger partial charge >= 0.3 is 12.0 Å². The second kappa shape index (κ2) is 7.99. The number of ether oxygens (including phenoxy) is 1. The fourth-order valence-electron chi connectivity index (χ4n) is 1.44. The number of nitrogens with one attached hydrogen (secondary N) is 3. The van der Waals surface area contributed by atoms with Gasteiger partial charge in [0.25, 0.3) is 0 Å². The Labute approximate surface area is 115 Å². The zero-order valence-corrected chi connectivity index (χ0v) is 12.8. The van der Waals surface area contributed by atoms with E-state index in [9.17, 15) is 9.59 Å². The van der Waals surface area contributed by atoms with Crippen molar-refractivity contribution < 1.29 is 14.3 Å². The van der Waals surface area contributed by atoms with E-state index in [4.69, 9.17) is 4.74 Å². The summed E-state index contributed by atoms with van der Waals surface area (Å²) >= 11 is 0. The van der Waals surface area contributed by atoms with Crippen LogP contribution in [-0.4, -0.2) is 37.4 Å². The van der Waals surface area contributed by atoms with E-state index in [-0.39, 0.29) is 11.9 Å². The normalized spacial score (nSPS) is 13.0. The third kappa shape index (κ3) is 9.30. The van der Waals surface area contributed by atoms with Crippen molar-refractivity contribution >= 4 is 12.0 Å². The first-order valence-electron chi connectivity index (χ1n) is 6.57. The average molecular weight is 273 g/mol. The Hall–Kier alpha value is -1.30. The van der Waals surface area contributed by atoms with Gasteiger partial charge in [0.1, 0.15) is 11.6 Å². The average Bonchev–Trinajstić information content (AvgIpc) is 2.22. The Morgan fingerprint density at radius 1 is 1.21 bits per heavy atom. The minimum absolute atomic E-state index is 0.280. The lowest BCUT2D eigenvalue weighted by molar-refractivity contribution is -0.157. The maximum Gasteiger partial charge on any atom is 0.329 e. The number of amides is 2. The van der Waals surface area contributed by atoms with Gasteiger partial charge in [-0.1, -0.05) is 13.8 Å². The van der Waals surface area contributed by atoms with Crippen LogP contribution < -0.4 is 16.0 Å². The highest BCUT2D eigenvalue weighted by atomic mass is 16.6. The monoisotopic (exact) mass is 273 g/mol. The topological polar surface area (TPSA) is 79.5 Å². The second-order valence-corrected chi connectivity index (χ2v) is 5.90. The van der Waals surface area contributed by atoms with E-state index in [1.165, 1.54) is 0 Å². The predicted molar refractivity (Wildman–Crippen MR) is 74.7 cm³/mol. The van der Waals surface area contributed by atoms with Crippen molar-refractivity contribution in [1.82, 2.24) is 16.0 Å². The molecule has 0 aliphatic carbocycles. The number of hydrogen-bond acceptors (Lipinski definition) is 4. The van der Waals surface area contributed by atoms with Crippen LogP contribution in [0.15, 0.2) is 0 Å². The molecule has 2 amide bonds. The van der Waals surface area contributed by atoms with Gasteiger partial charge in [0.15, 0.2) is 0 Å². The van der Waals surface area contributed by atoms with Gasteiger partial charge in [-0.05, 0) is 40.2 Å². The number of rotatable bonds is 6. The molecule has 0 aromatic rings. The van der Waals surface area contributed by atoms with Gasteiger partial charge in [-0.2, -0.15) is 0 Å². The highest BCUT2D eigenvalue weighted by Gasteiger charge is 2.27. The number of carbonyl (C=O) groups is 2. The molecule has 0 radical (unpaired) electrons. The van der Waals surface area contributed by atoms with E-state index in [0.717, 1.165) is 0 Å². The lowest BCUT2D eigenvalue weighted by atomic mass is 10.0. The van der Waals surface area contributed by atoms with Crippen molar-refractivity contribution in [1.29, 1.82) is 0 Å². The van der Waals surface area contributed by atoms with Crippen molar-refractivity contribution in [3.8, 4) is 0 Å². The first-order chi connectivity index (χ1) is 8.65. The third-order valence-corrected chi connectivity index (χ3v) is 2.13. The zero-order chi connectivity index (χ0) is 15.1. The molecular weight excluding hydrogens is 246 g/mol. The van der Waals surface area contributed by atoms with Crippen LogP contribution in [0.2, 0.25) is 0 Å². The van der Waals surface area contributed by atoms with Crippen molar-refractivity contribution in [2.24, 2.45) is 5.92 Å². The van der Waals surface area contributed by atoms with Gasteiger partial charge < -0.3 is 20.7 Å². The van der Waals surface area contributed by atoms with E-state index in [2.05, 4.69) is 16.0 Å². The molecule has 0 fully saturated rings. The molecule has 19 heavy (non-hydrogen) atoms. The molecule has 0 saturated carbocycles.